The second-order valence-electron chi connectivity index (χ2n) is 6.25. The minimum atomic E-state index is -0.0277. The van der Waals surface area contributed by atoms with E-state index in [2.05, 4.69) is 45.4 Å². The number of hydrogen-bond donors (Lipinski definition) is 0. The Morgan fingerprint density at radius 3 is 2.45 bits per heavy atom. The summed E-state index contributed by atoms with van der Waals surface area (Å²) in [6.07, 6.45) is 5.51. The second kappa shape index (κ2) is 4.87. The lowest BCUT2D eigenvalue weighted by atomic mass is 10.1. The number of fused-ring (bicyclic) bond motifs is 1. The zero-order valence-electron chi connectivity index (χ0n) is 11.5. The van der Waals surface area contributed by atoms with Crippen LogP contribution < -0.4 is 0 Å². The molecular formula is C16H18ClIN2. The molecule has 0 spiro atoms. The van der Waals surface area contributed by atoms with Gasteiger partial charge in [-0.25, -0.2) is 4.98 Å². The molecule has 106 valence electrons. The maximum atomic E-state index is 6.43. The molecule has 1 unspecified atom stereocenters. The van der Waals surface area contributed by atoms with Gasteiger partial charge >= 0.3 is 0 Å². The summed E-state index contributed by atoms with van der Waals surface area (Å²) in [7, 11) is 0. The molecule has 1 aromatic heterocycles. The van der Waals surface area contributed by atoms with Crippen molar-refractivity contribution >= 4 is 45.2 Å². The minimum Gasteiger partial charge on any atom is -0.323 e. The smallest absolute Gasteiger partial charge is 0.127 e. The molecule has 4 heteroatoms. The molecule has 0 aliphatic heterocycles. The number of nitrogens with zero attached hydrogens (tertiary/aromatic N) is 2. The summed E-state index contributed by atoms with van der Waals surface area (Å²) in [5, 5.41) is -0.0277. The fourth-order valence-electron chi connectivity index (χ4n) is 3.37. The first-order valence-corrected chi connectivity index (χ1v) is 8.98. The average molecular weight is 401 g/mol. The molecule has 2 aliphatic carbocycles. The first-order valence-electron chi connectivity index (χ1n) is 7.46. The van der Waals surface area contributed by atoms with Gasteiger partial charge in [0.05, 0.1) is 16.4 Å². The van der Waals surface area contributed by atoms with Crippen molar-refractivity contribution < 1.29 is 0 Å². The van der Waals surface area contributed by atoms with Crippen LogP contribution in [-0.4, -0.2) is 9.55 Å². The van der Waals surface area contributed by atoms with Crippen LogP contribution >= 0.6 is 34.2 Å². The van der Waals surface area contributed by atoms with Crippen molar-refractivity contribution in [2.24, 2.45) is 11.8 Å². The third kappa shape index (κ3) is 2.27. The van der Waals surface area contributed by atoms with Crippen LogP contribution in [0.1, 0.15) is 49.9 Å². The van der Waals surface area contributed by atoms with Gasteiger partial charge in [-0.2, -0.15) is 0 Å². The van der Waals surface area contributed by atoms with Gasteiger partial charge in [0.1, 0.15) is 5.82 Å². The molecule has 2 aliphatic rings. The number of aromatic nitrogens is 2. The molecule has 0 amide bonds. The highest BCUT2D eigenvalue weighted by atomic mass is 127. The Morgan fingerprint density at radius 2 is 1.90 bits per heavy atom. The van der Waals surface area contributed by atoms with Crippen molar-refractivity contribution in [3.8, 4) is 0 Å². The predicted octanol–water partition coefficient (Wildman–Crippen LogP) is 5.30. The number of imidazole rings is 1. The Labute approximate surface area is 138 Å². The summed E-state index contributed by atoms with van der Waals surface area (Å²) >= 11 is 8.78. The third-order valence-corrected chi connectivity index (χ3v) is 5.41. The van der Waals surface area contributed by atoms with Crippen LogP contribution in [0.2, 0.25) is 0 Å². The fraction of sp³-hybridized carbons (Fsp3) is 0.562. The molecule has 20 heavy (non-hydrogen) atoms. The summed E-state index contributed by atoms with van der Waals surface area (Å²) in [4.78, 5) is 4.84. The van der Waals surface area contributed by atoms with E-state index in [1.54, 1.807) is 0 Å². The molecule has 2 nitrogen and oxygen atoms in total. The van der Waals surface area contributed by atoms with E-state index in [0.717, 1.165) is 23.2 Å². The highest BCUT2D eigenvalue weighted by Gasteiger charge is 2.44. The largest absolute Gasteiger partial charge is 0.323 e. The standard InChI is InChI=1S/C16H18ClIN2/c1-9(17)16-19-13-8-12(18)6-7-14(13)20(16)15(10-2-3-10)11-4-5-11/h6-11,15H,2-5H2,1H3. The van der Waals surface area contributed by atoms with Gasteiger partial charge in [-0.05, 0) is 85.2 Å². The van der Waals surface area contributed by atoms with Gasteiger partial charge < -0.3 is 4.57 Å². The zero-order valence-corrected chi connectivity index (χ0v) is 14.4. The molecule has 0 bridgehead atoms. The number of hydrogen-bond acceptors (Lipinski definition) is 1. The van der Waals surface area contributed by atoms with Crippen LogP contribution in [0.3, 0.4) is 0 Å². The van der Waals surface area contributed by atoms with Gasteiger partial charge in [0, 0.05) is 9.61 Å². The first-order chi connectivity index (χ1) is 9.65. The Bertz CT molecular complexity index is 644. The van der Waals surface area contributed by atoms with Crippen LogP contribution in [-0.2, 0) is 0 Å². The number of rotatable bonds is 4. The van der Waals surface area contributed by atoms with Crippen LogP contribution in [0, 0.1) is 15.4 Å². The maximum absolute atomic E-state index is 6.43. The lowest BCUT2D eigenvalue weighted by Crippen LogP contribution is -2.16. The van der Waals surface area contributed by atoms with Gasteiger partial charge in [-0.3, -0.25) is 0 Å². The van der Waals surface area contributed by atoms with E-state index in [-0.39, 0.29) is 5.38 Å². The normalized spacial score (nSPS) is 20.8. The quantitative estimate of drug-likeness (QED) is 0.503. The molecule has 2 aromatic rings. The molecule has 4 rings (SSSR count). The molecule has 2 fully saturated rings. The fourth-order valence-corrected chi connectivity index (χ4v) is 4.00. The van der Waals surface area contributed by atoms with Crippen molar-refractivity contribution in [3.63, 3.8) is 0 Å². The summed E-state index contributed by atoms with van der Waals surface area (Å²) < 4.78 is 3.72. The Kier molecular flexibility index (Phi) is 3.26. The SMILES string of the molecule is CC(Cl)c1nc2cc(I)ccc2n1C(C1CC1)C1CC1. The highest BCUT2D eigenvalue weighted by molar-refractivity contribution is 14.1. The second-order valence-corrected chi connectivity index (χ2v) is 8.15. The summed E-state index contributed by atoms with van der Waals surface area (Å²) in [5.41, 5.74) is 2.38. The van der Waals surface area contributed by atoms with Crippen LogP contribution in [0.15, 0.2) is 18.2 Å². The van der Waals surface area contributed by atoms with Gasteiger partial charge in [-0.15, -0.1) is 11.6 Å². The maximum Gasteiger partial charge on any atom is 0.127 e. The molecular weight excluding hydrogens is 383 g/mol. The Morgan fingerprint density at radius 1 is 1.25 bits per heavy atom. The van der Waals surface area contributed by atoms with E-state index < -0.39 is 0 Å². The van der Waals surface area contributed by atoms with E-state index in [0.29, 0.717) is 6.04 Å². The minimum absolute atomic E-state index is 0.0277. The predicted molar refractivity (Wildman–Crippen MR) is 91.2 cm³/mol. The Balaban J connectivity index is 1.92. The zero-order chi connectivity index (χ0) is 13.9. The number of halogens is 2. The van der Waals surface area contributed by atoms with E-state index in [9.17, 15) is 0 Å². The van der Waals surface area contributed by atoms with Gasteiger partial charge in [-0.1, -0.05) is 0 Å². The van der Waals surface area contributed by atoms with Crippen molar-refractivity contribution in [2.45, 2.75) is 44.0 Å². The van der Waals surface area contributed by atoms with Crippen molar-refractivity contribution in [3.05, 3.63) is 27.6 Å². The Hall–Kier alpha value is -0.290. The van der Waals surface area contributed by atoms with Gasteiger partial charge in [0.25, 0.3) is 0 Å². The number of alkyl halides is 1. The van der Waals surface area contributed by atoms with Crippen molar-refractivity contribution in [1.29, 1.82) is 0 Å². The molecule has 1 aromatic carbocycles. The topological polar surface area (TPSA) is 17.8 Å². The van der Waals surface area contributed by atoms with E-state index >= 15 is 0 Å². The molecule has 1 atom stereocenters. The van der Waals surface area contributed by atoms with E-state index in [1.165, 1.54) is 34.8 Å². The average Bonchev–Trinajstić information content (AvgIpc) is 3.28. The monoisotopic (exact) mass is 400 g/mol. The van der Waals surface area contributed by atoms with Crippen molar-refractivity contribution in [2.75, 3.05) is 0 Å². The molecule has 0 radical (unpaired) electrons. The lowest BCUT2D eigenvalue weighted by molar-refractivity contribution is 0.392. The molecule has 0 saturated heterocycles. The molecule has 2 saturated carbocycles. The first kappa shape index (κ1) is 13.4. The summed E-state index contributed by atoms with van der Waals surface area (Å²) in [6.45, 7) is 2.04. The number of benzene rings is 1. The van der Waals surface area contributed by atoms with Gasteiger partial charge in [0.15, 0.2) is 0 Å². The lowest BCUT2D eigenvalue weighted by Gasteiger charge is -2.22. The summed E-state index contributed by atoms with van der Waals surface area (Å²) in [5.74, 6) is 2.77. The third-order valence-electron chi connectivity index (χ3n) is 4.54. The van der Waals surface area contributed by atoms with E-state index in [1.807, 2.05) is 6.92 Å². The van der Waals surface area contributed by atoms with Crippen LogP contribution in [0.4, 0.5) is 0 Å². The van der Waals surface area contributed by atoms with Crippen LogP contribution in [0.25, 0.3) is 11.0 Å². The van der Waals surface area contributed by atoms with Crippen molar-refractivity contribution in [1.82, 2.24) is 9.55 Å². The van der Waals surface area contributed by atoms with Crippen LogP contribution in [0.5, 0.6) is 0 Å². The molecule has 1 heterocycles. The van der Waals surface area contributed by atoms with Gasteiger partial charge in [0.2, 0.25) is 0 Å². The summed E-state index contributed by atoms with van der Waals surface area (Å²) in [6, 6.07) is 7.22. The molecule has 0 N–H and O–H groups in total. The highest BCUT2D eigenvalue weighted by Crippen LogP contribution is 2.53. The van der Waals surface area contributed by atoms with E-state index in [4.69, 9.17) is 16.6 Å².